The van der Waals surface area contributed by atoms with Crippen LogP contribution in [0, 0.1) is 12.7 Å². The second-order valence-corrected chi connectivity index (χ2v) is 4.66. The monoisotopic (exact) mass is 295 g/mol. The van der Waals surface area contributed by atoms with Gasteiger partial charge in [-0.2, -0.15) is 13.2 Å². The lowest BCUT2D eigenvalue weighted by atomic mass is 10.1. The number of hydrogen-bond acceptors (Lipinski definition) is 2. The van der Waals surface area contributed by atoms with Crippen molar-refractivity contribution in [1.82, 2.24) is 15.0 Å². The number of aromatic amines is 1. The number of H-pyrrole nitrogens is 1. The molecule has 0 saturated carbocycles. The summed E-state index contributed by atoms with van der Waals surface area (Å²) in [6, 6.07) is 4.55. The third-order valence-electron chi connectivity index (χ3n) is 3.02. The minimum Gasteiger partial charge on any atom is -0.337 e. The van der Waals surface area contributed by atoms with E-state index in [9.17, 15) is 17.6 Å². The first-order valence-electron chi connectivity index (χ1n) is 6.04. The quantitative estimate of drug-likeness (QED) is 0.687. The van der Waals surface area contributed by atoms with Gasteiger partial charge < -0.3 is 4.98 Å². The van der Waals surface area contributed by atoms with Crippen LogP contribution >= 0.6 is 0 Å². The van der Waals surface area contributed by atoms with Crippen LogP contribution in [0.25, 0.3) is 22.6 Å². The summed E-state index contributed by atoms with van der Waals surface area (Å²) in [6.07, 6.45) is -3.14. The van der Waals surface area contributed by atoms with Gasteiger partial charge in [-0.3, -0.25) is 0 Å². The van der Waals surface area contributed by atoms with Crippen molar-refractivity contribution in [2.75, 3.05) is 0 Å². The lowest BCUT2D eigenvalue weighted by Gasteiger charge is -2.08. The minimum atomic E-state index is -4.75. The van der Waals surface area contributed by atoms with Crippen molar-refractivity contribution in [3.8, 4) is 11.4 Å². The molecule has 2 heterocycles. The van der Waals surface area contributed by atoms with Crippen LogP contribution in [0.1, 0.15) is 11.1 Å². The number of benzene rings is 1. The maximum absolute atomic E-state index is 13.3. The van der Waals surface area contributed by atoms with Gasteiger partial charge in [-0.1, -0.05) is 0 Å². The maximum Gasteiger partial charge on any atom is 0.419 e. The molecule has 7 heteroatoms. The summed E-state index contributed by atoms with van der Waals surface area (Å²) in [7, 11) is 0. The van der Waals surface area contributed by atoms with E-state index in [0.29, 0.717) is 11.2 Å². The highest BCUT2D eigenvalue weighted by atomic mass is 19.4. The average Bonchev–Trinajstić information content (AvgIpc) is 2.80. The number of aromatic nitrogens is 3. The Morgan fingerprint density at radius 3 is 2.62 bits per heavy atom. The van der Waals surface area contributed by atoms with Gasteiger partial charge in [0.15, 0.2) is 5.65 Å². The average molecular weight is 295 g/mol. The summed E-state index contributed by atoms with van der Waals surface area (Å²) < 4.78 is 51.4. The number of fused-ring (bicyclic) bond motifs is 1. The Kier molecular flexibility index (Phi) is 2.93. The SMILES string of the molecule is Cc1cnc2nc(-c3ccc(F)c(C(F)(F)F)c3)[nH]c2c1. The van der Waals surface area contributed by atoms with Crippen molar-refractivity contribution in [3.63, 3.8) is 0 Å². The van der Waals surface area contributed by atoms with Gasteiger partial charge in [-0.05, 0) is 36.8 Å². The molecular weight excluding hydrogens is 286 g/mol. The molecule has 0 saturated heterocycles. The van der Waals surface area contributed by atoms with Gasteiger partial charge in [0.25, 0.3) is 0 Å². The normalized spacial score (nSPS) is 12.0. The van der Waals surface area contributed by atoms with Gasteiger partial charge >= 0.3 is 6.18 Å². The van der Waals surface area contributed by atoms with Gasteiger partial charge in [0, 0.05) is 11.8 Å². The molecular formula is C14H9F4N3. The molecule has 1 N–H and O–H groups in total. The number of hydrogen-bond donors (Lipinski definition) is 1. The maximum atomic E-state index is 13.3. The molecule has 0 spiro atoms. The molecule has 3 nitrogen and oxygen atoms in total. The molecule has 3 aromatic rings. The molecule has 0 radical (unpaired) electrons. The van der Waals surface area contributed by atoms with E-state index < -0.39 is 17.6 Å². The molecule has 3 rings (SSSR count). The van der Waals surface area contributed by atoms with Crippen molar-refractivity contribution < 1.29 is 17.6 Å². The molecule has 0 amide bonds. The van der Waals surface area contributed by atoms with E-state index in [0.717, 1.165) is 17.7 Å². The fourth-order valence-corrected chi connectivity index (χ4v) is 2.03. The third kappa shape index (κ3) is 2.46. The van der Waals surface area contributed by atoms with E-state index >= 15 is 0 Å². The first kappa shape index (κ1) is 13.5. The standard InChI is InChI=1S/C14H9F4N3/c1-7-4-11-13(19-6-7)21-12(20-11)8-2-3-10(15)9(5-8)14(16,17)18/h2-6H,1H3,(H,19,20,21). The number of halogens is 4. The number of alkyl halides is 3. The van der Waals surface area contributed by atoms with Crippen LogP contribution < -0.4 is 0 Å². The number of nitrogens with one attached hydrogen (secondary N) is 1. The molecule has 0 aliphatic rings. The highest BCUT2D eigenvalue weighted by molar-refractivity contribution is 5.76. The Morgan fingerprint density at radius 2 is 1.90 bits per heavy atom. The van der Waals surface area contributed by atoms with Gasteiger partial charge in [0.05, 0.1) is 11.1 Å². The molecule has 0 bridgehead atoms. The second kappa shape index (κ2) is 4.54. The van der Waals surface area contributed by atoms with E-state index in [1.807, 2.05) is 6.92 Å². The van der Waals surface area contributed by atoms with E-state index in [1.54, 1.807) is 12.3 Å². The van der Waals surface area contributed by atoms with Crippen molar-refractivity contribution in [2.45, 2.75) is 13.1 Å². The van der Waals surface area contributed by atoms with Gasteiger partial charge in [-0.25, -0.2) is 14.4 Å². The lowest BCUT2D eigenvalue weighted by molar-refractivity contribution is -0.139. The van der Waals surface area contributed by atoms with E-state index in [-0.39, 0.29) is 11.4 Å². The highest BCUT2D eigenvalue weighted by Crippen LogP contribution is 2.34. The van der Waals surface area contributed by atoms with Crippen molar-refractivity contribution >= 4 is 11.2 Å². The minimum absolute atomic E-state index is 0.152. The molecule has 0 fully saturated rings. The third-order valence-corrected chi connectivity index (χ3v) is 3.02. The van der Waals surface area contributed by atoms with Crippen LogP contribution in [0.3, 0.4) is 0 Å². The zero-order valence-electron chi connectivity index (χ0n) is 10.8. The summed E-state index contributed by atoms with van der Waals surface area (Å²) in [6.45, 7) is 1.84. The van der Waals surface area contributed by atoms with E-state index in [4.69, 9.17) is 0 Å². The van der Waals surface area contributed by atoms with Crippen LogP contribution in [-0.2, 0) is 6.18 Å². The Labute approximate surface area is 116 Å². The predicted octanol–water partition coefficient (Wildman–Crippen LogP) is 4.09. The second-order valence-electron chi connectivity index (χ2n) is 4.66. The Balaban J connectivity index is 2.14. The smallest absolute Gasteiger partial charge is 0.337 e. The summed E-state index contributed by atoms with van der Waals surface area (Å²) >= 11 is 0. The molecule has 21 heavy (non-hydrogen) atoms. The number of nitrogens with zero attached hydrogens (tertiary/aromatic N) is 2. The van der Waals surface area contributed by atoms with E-state index in [1.165, 1.54) is 6.07 Å². The molecule has 1 aromatic carbocycles. The van der Waals surface area contributed by atoms with Crippen molar-refractivity contribution in [3.05, 3.63) is 47.4 Å². The van der Waals surface area contributed by atoms with Crippen LogP contribution in [0.15, 0.2) is 30.5 Å². The Morgan fingerprint density at radius 1 is 1.14 bits per heavy atom. The topological polar surface area (TPSA) is 41.6 Å². The lowest BCUT2D eigenvalue weighted by Crippen LogP contribution is -2.08. The van der Waals surface area contributed by atoms with Crippen LogP contribution in [-0.4, -0.2) is 15.0 Å². The van der Waals surface area contributed by atoms with Crippen LogP contribution in [0.4, 0.5) is 17.6 Å². The van der Waals surface area contributed by atoms with Crippen molar-refractivity contribution in [2.24, 2.45) is 0 Å². The fraction of sp³-hybridized carbons (Fsp3) is 0.143. The molecule has 0 aliphatic carbocycles. The van der Waals surface area contributed by atoms with Gasteiger partial charge in [-0.15, -0.1) is 0 Å². The van der Waals surface area contributed by atoms with Crippen LogP contribution in [0.5, 0.6) is 0 Å². The summed E-state index contributed by atoms with van der Waals surface area (Å²) in [5.41, 5.74) is 0.744. The van der Waals surface area contributed by atoms with Crippen molar-refractivity contribution in [1.29, 1.82) is 0 Å². The van der Waals surface area contributed by atoms with Gasteiger partial charge in [0.2, 0.25) is 0 Å². The molecule has 2 aromatic heterocycles. The zero-order valence-corrected chi connectivity index (χ0v) is 10.8. The highest BCUT2D eigenvalue weighted by Gasteiger charge is 2.34. The number of imidazole rings is 1. The van der Waals surface area contributed by atoms with E-state index in [2.05, 4.69) is 15.0 Å². The fourth-order valence-electron chi connectivity index (χ4n) is 2.03. The number of pyridine rings is 1. The molecule has 108 valence electrons. The first-order valence-corrected chi connectivity index (χ1v) is 6.04. The number of rotatable bonds is 1. The molecule has 0 unspecified atom stereocenters. The van der Waals surface area contributed by atoms with Gasteiger partial charge in [0.1, 0.15) is 11.6 Å². The largest absolute Gasteiger partial charge is 0.419 e. The van der Waals surface area contributed by atoms with Crippen LogP contribution in [0.2, 0.25) is 0 Å². The number of aryl methyl sites for hydroxylation is 1. The Bertz CT molecular complexity index is 821. The summed E-state index contributed by atoms with van der Waals surface area (Å²) in [5, 5.41) is 0. The summed E-state index contributed by atoms with van der Waals surface area (Å²) in [4.78, 5) is 11.1. The Hall–Kier alpha value is -2.44. The summed E-state index contributed by atoms with van der Waals surface area (Å²) in [5.74, 6) is -1.09. The molecule has 0 atom stereocenters. The molecule has 0 aliphatic heterocycles. The zero-order chi connectivity index (χ0) is 15.2. The predicted molar refractivity (Wildman–Crippen MR) is 69.0 cm³/mol. The first-order chi connectivity index (χ1) is 9.84.